The Morgan fingerprint density at radius 3 is 2.29 bits per heavy atom. The summed E-state index contributed by atoms with van der Waals surface area (Å²) in [5.41, 5.74) is 1.35. The molecular formula is C16H26S. The van der Waals surface area contributed by atoms with Crippen molar-refractivity contribution < 1.29 is 0 Å². The maximum absolute atomic E-state index is 2.30. The molecule has 0 saturated carbocycles. The van der Waals surface area contributed by atoms with Crippen molar-refractivity contribution in [1.82, 2.24) is 0 Å². The van der Waals surface area contributed by atoms with Crippen LogP contribution in [0.3, 0.4) is 0 Å². The second-order valence-corrected chi connectivity index (χ2v) is 6.01. The fraction of sp³-hybridized carbons (Fsp3) is 0.625. The maximum atomic E-state index is 2.30. The molecular weight excluding hydrogens is 224 g/mol. The van der Waals surface area contributed by atoms with Crippen molar-refractivity contribution in [2.24, 2.45) is 5.92 Å². The molecule has 0 heterocycles. The van der Waals surface area contributed by atoms with E-state index in [0.29, 0.717) is 0 Å². The lowest BCUT2D eigenvalue weighted by Gasteiger charge is -2.15. The molecule has 96 valence electrons. The van der Waals surface area contributed by atoms with Crippen molar-refractivity contribution in [3.8, 4) is 0 Å². The van der Waals surface area contributed by atoms with Crippen LogP contribution in [0.2, 0.25) is 0 Å². The van der Waals surface area contributed by atoms with Gasteiger partial charge in [-0.25, -0.2) is 0 Å². The average Bonchev–Trinajstić information content (AvgIpc) is 2.35. The minimum Gasteiger partial charge on any atom is -0.126 e. The molecule has 1 heteroatoms. The van der Waals surface area contributed by atoms with Gasteiger partial charge in [-0.3, -0.25) is 0 Å². The van der Waals surface area contributed by atoms with Crippen LogP contribution in [0.5, 0.6) is 0 Å². The van der Waals surface area contributed by atoms with E-state index in [2.05, 4.69) is 45.0 Å². The number of thioether (sulfide) groups is 1. The Bertz CT molecular complexity index is 289. The van der Waals surface area contributed by atoms with Crippen LogP contribution in [-0.2, 0) is 0 Å². The molecule has 0 bridgehead atoms. The van der Waals surface area contributed by atoms with Gasteiger partial charge < -0.3 is 0 Å². The van der Waals surface area contributed by atoms with Crippen LogP contribution in [-0.4, -0.2) is 5.75 Å². The van der Waals surface area contributed by atoms with Gasteiger partial charge in [-0.05, 0) is 37.8 Å². The molecule has 1 aromatic carbocycles. The third-order valence-electron chi connectivity index (χ3n) is 3.17. The summed E-state index contributed by atoms with van der Waals surface area (Å²) in [6, 6.07) is 8.93. The van der Waals surface area contributed by atoms with E-state index in [0.717, 1.165) is 5.92 Å². The van der Waals surface area contributed by atoms with E-state index in [1.165, 1.54) is 48.3 Å². The molecule has 1 atom stereocenters. The van der Waals surface area contributed by atoms with Gasteiger partial charge in [0, 0.05) is 10.6 Å². The number of unbranched alkanes of at least 4 members (excludes halogenated alkanes) is 1. The van der Waals surface area contributed by atoms with Crippen LogP contribution in [0.25, 0.3) is 0 Å². The largest absolute Gasteiger partial charge is 0.126 e. The highest BCUT2D eigenvalue weighted by Crippen LogP contribution is 2.26. The van der Waals surface area contributed by atoms with Crippen LogP contribution < -0.4 is 0 Å². The van der Waals surface area contributed by atoms with E-state index in [-0.39, 0.29) is 0 Å². The van der Waals surface area contributed by atoms with Crippen molar-refractivity contribution in [3.63, 3.8) is 0 Å². The van der Waals surface area contributed by atoms with Crippen LogP contribution in [0.4, 0.5) is 0 Å². The fourth-order valence-corrected chi connectivity index (χ4v) is 3.15. The van der Waals surface area contributed by atoms with E-state index >= 15 is 0 Å². The molecule has 1 rings (SSSR count). The molecule has 0 fully saturated rings. The Morgan fingerprint density at radius 2 is 1.71 bits per heavy atom. The highest BCUT2D eigenvalue weighted by Gasteiger charge is 2.07. The minimum atomic E-state index is 0.909. The molecule has 17 heavy (non-hydrogen) atoms. The van der Waals surface area contributed by atoms with Crippen molar-refractivity contribution >= 4 is 11.8 Å². The van der Waals surface area contributed by atoms with Crippen LogP contribution in [0, 0.1) is 12.8 Å². The lowest BCUT2D eigenvalue weighted by Crippen LogP contribution is -2.03. The number of aryl methyl sites for hydroxylation is 1. The number of hydrogen-bond donors (Lipinski definition) is 0. The maximum Gasteiger partial charge on any atom is 0.00722 e. The van der Waals surface area contributed by atoms with Gasteiger partial charge in [-0.15, -0.1) is 11.8 Å². The lowest BCUT2D eigenvalue weighted by atomic mass is 9.99. The van der Waals surface area contributed by atoms with Gasteiger partial charge >= 0.3 is 0 Å². The van der Waals surface area contributed by atoms with Crippen molar-refractivity contribution in [3.05, 3.63) is 29.8 Å². The molecule has 0 aliphatic rings. The lowest BCUT2D eigenvalue weighted by molar-refractivity contribution is 0.474. The third kappa shape index (κ3) is 6.16. The number of hydrogen-bond acceptors (Lipinski definition) is 1. The van der Waals surface area contributed by atoms with Crippen LogP contribution >= 0.6 is 11.8 Å². The first-order valence-corrected chi connectivity index (χ1v) is 7.94. The Kier molecular flexibility index (Phi) is 7.43. The summed E-state index contributed by atoms with van der Waals surface area (Å²) in [6.07, 6.45) is 6.83. The van der Waals surface area contributed by atoms with Gasteiger partial charge in [0.2, 0.25) is 0 Å². The van der Waals surface area contributed by atoms with Crippen molar-refractivity contribution in [2.45, 2.75) is 57.8 Å². The highest BCUT2D eigenvalue weighted by atomic mass is 32.2. The zero-order valence-electron chi connectivity index (χ0n) is 11.5. The molecule has 0 nitrogen and oxygen atoms in total. The normalized spacial score (nSPS) is 12.6. The first-order chi connectivity index (χ1) is 8.26. The van der Waals surface area contributed by atoms with Gasteiger partial charge in [-0.2, -0.15) is 0 Å². The second-order valence-electron chi connectivity index (χ2n) is 4.92. The SMILES string of the molecule is CCCCC(CCC)CSc1ccc(C)cc1. The van der Waals surface area contributed by atoms with Crippen LogP contribution in [0.1, 0.15) is 51.5 Å². The second kappa shape index (κ2) is 8.63. The predicted octanol–water partition coefficient (Wildman–Crippen LogP) is 5.69. The molecule has 0 N–H and O–H groups in total. The summed E-state index contributed by atoms with van der Waals surface area (Å²) < 4.78 is 0. The molecule has 0 radical (unpaired) electrons. The monoisotopic (exact) mass is 250 g/mol. The fourth-order valence-electron chi connectivity index (χ4n) is 2.06. The Balaban J connectivity index is 2.37. The smallest absolute Gasteiger partial charge is 0.00722 e. The molecule has 0 saturated heterocycles. The van der Waals surface area contributed by atoms with E-state index in [4.69, 9.17) is 0 Å². The summed E-state index contributed by atoms with van der Waals surface area (Å²) in [5.74, 6) is 2.20. The minimum absolute atomic E-state index is 0.909. The quantitative estimate of drug-likeness (QED) is 0.534. The first kappa shape index (κ1) is 14.6. The van der Waals surface area contributed by atoms with Crippen molar-refractivity contribution in [2.75, 3.05) is 5.75 Å². The first-order valence-electron chi connectivity index (χ1n) is 6.95. The zero-order valence-corrected chi connectivity index (χ0v) is 12.4. The van der Waals surface area contributed by atoms with Gasteiger partial charge in [-0.1, -0.05) is 50.8 Å². The van der Waals surface area contributed by atoms with E-state index in [9.17, 15) is 0 Å². The molecule has 1 unspecified atom stereocenters. The zero-order chi connectivity index (χ0) is 12.5. The van der Waals surface area contributed by atoms with Gasteiger partial charge in [0.25, 0.3) is 0 Å². The standard InChI is InChI=1S/C16H26S/c1-4-6-8-15(7-5-2)13-17-16-11-9-14(3)10-12-16/h9-12,15H,4-8,13H2,1-3H3. The molecule has 0 aromatic heterocycles. The number of benzene rings is 1. The summed E-state index contributed by atoms with van der Waals surface area (Å²) in [7, 11) is 0. The van der Waals surface area contributed by atoms with Gasteiger partial charge in [0.05, 0.1) is 0 Å². The average molecular weight is 250 g/mol. The molecule has 0 aliphatic carbocycles. The van der Waals surface area contributed by atoms with E-state index in [1.54, 1.807) is 0 Å². The third-order valence-corrected chi connectivity index (χ3v) is 4.41. The summed E-state index contributed by atoms with van der Waals surface area (Å²) >= 11 is 2.03. The number of rotatable bonds is 8. The summed E-state index contributed by atoms with van der Waals surface area (Å²) in [4.78, 5) is 1.42. The molecule has 0 spiro atoms. The van der Waals surface area contributed by atoms with E-state index in [1.807, 2.05) is 11.8 Å². The summed E-state index contributed by atoms with van der Waals surface area (Å²) in [5, 5.41) is 0. The van der Waals surface area contributed by atoms with E-state index < -0.39 is 0 Å². The highest BCUT2D eigenvalue weighted by molar-refractivity contribution is 7.99. The Morgan fingerprint density at radius 1 is 1.00 bits per heavy atom. The topological polar surface area (TPSA) is 0 Å². The molecule has 0 aliphatic heterocycles. The van der Waals surface area contributed by atoms with Crippen LogP contribution in [0.15, 0.2) is 29.2 Å². The predicted molar refractivity (Wildman–Crippen MR) is 79.8 cm³/mol. The van der Waals surface area contributed by atoms with Gasteiger partial charge in [0.1, 0.15) is 0 Å². The molecule has 1 aromatic rings. The van der Waals surface area contributed by atoms with Gasteiger partial charge in [0.15, 0.2) is 0 Å². The molecule has 0 amide bonds. The van der Waals surface area contributed by atoms with Crippen molar-refractivity contribution in [1.29, 1.82) is 0 Å². The Hall–Kier alpha value is -0.430. The summed E-state index contributed by atoms with van der Waals surface area (Å²) in [6.45, 7) is 6.74. The Labute approximate surface area is 111 Å².